The van der Waals surface area contributed by atoms with Crippen molar-refractivity contribution in [2.24, 2.45) is 11.0 Å². The second-order valence-electron chi connectivity index (χ2n) is 6.85. The fourth-order valence-electron chi connectivity index (χ4n) is 3.19. The molecule has 0 aliphatic heterocycles. The molecule has 0 aromatic heterocycles. The summed E-state index contributed by atoms with van der Waals surface area (Å²) in [4.78, 5) is 24.1. The minimum atomic E-state index is -0.249. The van der Waals surface area contributed by atoms with Crippen molar-refractivity contribution in [3.05, 3.63) is 65.2 Å². The Morgan fingerprint density at radius 3 is 2.50 bits per heavy atom. The Morgan fingerprint density at radius 2 is 1.73 bits per heavy atom. The predicted molar refractivity (Wildman–Crippen MR) is 101 cm³/mol. The maximum absolute atomic E-state index is 12.3. The molecule has 0 radical (unpaired) electrons. The standard InChI is InChI=1S/C21H21N3O2/c25-20(15-8-9-15)22-17-12-10-16(11-13-17)21(26)24-23-19-7-3-5-14-4-1-2-6-18(14)19/h1-2,4,6,10-13,15H,3,5,7-9H2,(H,22,25)(H,24,26)/b23-19-. The number of carbonyl (C=O) groups excluding carboxylic acids is 2. The van der Waals surface area contributed by atoms with E-state index in [2.05, 4.69) is 28.0 Å². The molecule has 1 fully saturated rings. The van der Waals surface area contributed by atoms with E-state index < -0.39 is 0 Å². The molecule has 0 saturated heterocycles. The summed E-state index contributed by atoms with van der Waals surface area (Å²) in [6.07, 6.45) is 4.90. The second-order valence-corrected chi connectivity index (χ2v) is 6.85. The summed E-state index contributed by atoms with van der Waals surface area (Å²) in [7, 11) is 0. The van der Waals surface area contributed by atoms with E-state index in [1.54, 1.807) is 24.3 Å². The number of hydrogen-bond acceptors (Lipinski definition) is 3. The number of nitrogens with one attached hydrogen (secondary N) is 2. The van der Waals surface area contributed by atoms with Gasteiger partial charge in [0.25, 0.3) is 5.91 Å². The molecular weight excluding hydrogens is 326 g/mol. The van der Waals surface area contributed by atoms with E-state index in [1.807, 2.05) is 12.1 Å². The van der Waals surface area contributed by atoms with Gasteiger partial charge in [0.2, 0.25) is 5.91 Å². The van der Waals surface area contributed by atoms with Crippen LogP contribution in [0.4, 0.5) is 5.69 Å². The van der Waals surface area contributed by atoms with Crippen LogP contribution in [0.1, 0.15) is 47.2 Å². The molecule has 2 amide bonds. The molecule has 5 nitrogen and oxygen atoms in total. The van der Waals surface area contributed by atoms with Gasteiger partial charge in [-0.2, -0.15) is 5.10 Å². The van der Waals surface area contributed by atoms with Crippen LogP contribution >= 0.6 is 0 Å². The minimum absolute atomic E-state index is 0.0598. The fourth-order valence-corrected chi connectivity index (χ4v) is 3.19. The van der Waals surface area contributed by atoms with Gasteiger partial charge in [-0.15, -0.1) is 0 Å². The number of benzene rings is 2. The van der Waals surface area contributed by atoms with Crippen LogP contribution in [0.2, 0.25) is 0 Å². The molecule has 2 aromatic carbocycles. The maximum atomic E-state index is 12.3. The quantitative estimate of drug-likeness (QED) is 0.831. The van der Waals surface area contributed by atoms with Gasteiger partial charge in [-0.05, 0) is 61.9 Å². The Labute approximate surface area is 152 Å². The van der Waals surface area contributed by atoms with E-state index in [4.69, 9.17) is 0 Å². The van der Waals surface area contributed by atoms with Crippen molar-refractivity contribution in [2.75, 3.05) is 5.32 Å². The van der Waals surface area contributed by atoms with Crippen LogP contribution in [0.5, 0.6) is 0 Å². The molecule has 2 N–H and O–H groups in total. The first-order valence-corrected chi connectivity index (χ1v) is 9.07. The minimum Gasteiger partial charge on any atom is -0.326 e. The van der Waals surface area contributed by atoms with E-state index in [9.17, 15) is 9.59 Å². The first kappa shape index (κ1) is 16.5. The lowest BCUT2D eigenvalue weighted by Gasteiger charge is -2.17. The van der Waals surface area contributed by atoms with Gasteiger partial charge in [-0.1, -0.05) is 24.3 Å². The van der Waals surface area contributed by atoms with Crippen molar-refractivity contribution in [1.82, 2.24) is 5.43 Å². The van der Waals surface area contributed by atoms with Gasteiger partial charge in [0, 0.05) is 22.7 Å². The summed E-state index contributed by atoms with van der Waals surface area (Å²) in [5.74, 6) is -0.0302. The number of nitrogens with zero attached hydrogens (tertiary/aromatic N) is 1. The predicted octanol–water partition coefficient (Wildman–Crippen LogP) is 3.51. The number of aryl methyl sites for hydroxylation is 1. The van der Waals surface area contributed by atoms with Crippen LogP contribution in [0, 0.1) is 5.92 Å². The topological polar surface area (TPSA) is 70.6 Å². The summed E-state index contributed by atoms with van der Waals surface area (Å²) in [6.45, 7) is 0. The van der Waals surface area contributed by atoms with Crippen LogP contribution in [0.25, 0.3) is 0 Å². The SMILES string of the molecule is O=C(N/N=C1/CCCc2ccccc21)c1ccc(NC(=O)C2CC2)cc1. The number of hydrogen-bond donors (Lipinski definition) is 2. The third kappa shape index (κ3) is 3.67. The van der Waals surface area contributed by atoms with E-state index in [-0.39, 0.29) is 17.7 Å². The largest absolute Gasteiger partial charge is 0.326 e. The van der Waals surface area contributed by atoms with Crippen molar-refractivity contribution >= 4 is 23.2 Å². The van der Waals surface area contributed by atoms with Gasteiger partial charge in [0.15, 0.2) is 0 Å². The van der Waals surface area contributed by atoms with Crippen molar-refractivity contribution in [2.45, 2.75) is 32.1 Å². The average Bonchev–Trinajstić information content (AvgIpc) is 3.52. The lowest BCUT2D eigenvalue weighted by Crippen LogP contribution is -2.22. The van der Waals surface area contributed by atoms with Gasteiger partial charge >= 0.3 is 0 Å². The number of hydrazone groups is 1. The first-order valence-electron chi connectivity index (χ1n) is 9.07. The molecule has 0 bridgehead atoms. The number of rotatable bonds is 4. The highest BCUT2D eigenvalue weighted by molar-refractivity contribution is 6.04. The summed E-state index contributed by atoms with van der Waals surface area (Å²) < 4.78 is 0. The molecule has 0 atom stereocenters. The Morgan fingerprint density at radius 1 is 0.962 bits per heavy atom. The zero-order valence-electron chi connectivity index (χ0n) is 14.5. The molecule has 2 aliphatic carbocycles. The van der Waals surface area contributed by atoms with Crippen LogP contribution in [-0.2, 0) is 11.2 Å². The van der Waals surface area contributed by atoms with Gasteiger partial charge in [-0.3, -0.25) is 9.59 Å². The van der Waals surface area contributed by atoms with Crippen molar-refractivity contribution in [1.29, 1.82) is 0 Å². The van der Waals surface area contributed by atoms with Crippen molar-refractivity contribution in [3.63, 3.8) is 0 Å². The molecule has 4 rings (SSSR count). The lowest BCUT2D eigenvalue weighted by atomic mass is 9.90. The van der Waals surface area contributed by atoms with Gasteiger partial charge in [-0.25, -0.2) is 5.43 Å². The third-order valence-electron chi connectivity index (χ3n) is 4.84. The zero-order chi connectivity index (χ0) is 17.9. The molecule has 1 saturated carbocycles. The highest BCUT2D eigenvalue weighted by Gasteiger charge is 2.29. The maximum Gasteiger partial charge on any atom is 0.271 e. The lowest BCUT2D eigenvalue weighted by molar-refractivity contribution is -0.117. The molecular formula is C21H21N3O2. The van der Waals surface area contributed by atoms with Crippen LogP contribution in [0.15, 0.2) is 53.6 Å². The molecule has 132 valence electrons. The molecule has 0 spiro atoms. The monoisotopic (exact) mass is 347 g/mol. The smallest absolute Gasteiger partial charge is 0.271 e. The van der Waals surface area contributed by atoms with Gasteiger partial charge < -0.3 is 5.32 Å². The molecule has 5 heteroatoms. The first-order chi connectivity index (χ1) is 12.7. The van der Waals surface area contributed by atoms with Crippen molar-refractivity contribution < 1.29 is 9.59 Å². The van der Waals surface area contributed by atoms with Crippen LogP contribution in [-0.4, -0.2) is 17.5 Å². The van der Waals surface area contributed by atoms with E-state index in [0.717, 1.165) is 43.4 Å². The number of anilines is 1. The summed E-state index contributed by atoms with van der Waals surface area (Å²) >= 11 is 0. The van der Waals surface area contributed by atoms with E-state index in [1.165, 1.54) is 5.56 Å². The Kier molecular flexibility index (Phi) is 4.52. The van der Waals surface area contributed by atoms with Gasteiger partial charge in [0.05, 0.1) is 5.71 Å². The Hall–Kier alpha value is -2.95. The zero-order valence-corrected chi connectivity index (χ0v) is 14.5. The van der Waals surface area contributed by atoms with E-state index in [0.29, 0.717) is 11.3 Å². The average molecular weight is 347 g/mol. The summed E-state index contributed by atoms with van der Waals surface area (Å²) in [6, 6.07) is 15.1. The van der Waals surface area contributed by atoms with Crippen molar-refractivity contribution in [3.8, 4) is 0 Å². The summed E-state index contributed by atoms with van der Waals surface area (Å²) in [5, 5.41) is 7.22. The summed E-state index contributed by atoms with van der Waals surface area (Å²) in [5.41, 5.74) is 7.22. The van der Waals surface area contributed by atoms with E-state index >= 15 is 0 Å². The highest BCUT2D eigenvalue weighted by Crippen LogP contribution is 2.30. The molecule has 0 unspecified atom stereocenters. The normalized spacial score (nSPS) is 17.5. The van der Waals surface area contributed by atoms with Gasteiger partial charge in [0.1, 0.15) is 0 Å². The number of fused-ring (bicyclic) bond motifs is 1. The molecule has 0 heterocycles. The Bertz CT molecular complexity index is 867. The molecule has 26 heavy (non-hydrogen) atoms. The molecule has 2 aromatic rings. The van der Waals surface area contributed by atoms with Crippen LogP contribution < -0.4 is 10.7 Å². The number of carbonyl (C=O) groups is 2. The second kappa shape index (κ2) is 7.12. The highest BCUT2D eigenvalue weighted by atomic mass is 16.2. The number of amides is 2. The van der Waals surface area contributed by atoms with Crippen LogP contribution in [0.3, 0.4) is 0 Å². The Balaban J connectivity index is 1.41. The third-order valence-corrected chi connectivity index (χ3v) is 4.84. The molecule has 2 aliphatic rings. The fraction of sp³-hybridized carbons (Fsp3) is 0.286.